The average molecular weight is 356 g/mol. The Kier molecular flexibility index (Phi) is 4.86. The number of halogens is 1. The molecule has 0 saturated heterocycles. The van der Waals surface area contributed by atoms with Crippen molar-refractivity contribution in [2.45, 2.75) is 27.3 Å². The molecule has 0 saturated carbocycles. The molecule has 0 bridgehead atoms. The van der Waals surface area contributed by atoms with Gasteiger partial charge in [-0.25, -0.2) is 0 Å². The van der Waals surface area contributed by atoms with E-state index >= 15 is 0 Å². The zero-order chi connectivity index (χ0) is 18.0. The molecule has 6 heteroatoms. The molecular weight excluding hydrogens is 338 g/mol. The van der Waals surface area contributed by atoms with Crippen molar-refractivity contribution in [1.82, 2.24) is 15.5 Å². The zero-order valence-electron chi connectivity index (χ0n) is 14.3. The van der Waals surface area contributed by atoms with Crippen LogP contribution >= 0.6 is 11.6 Å². The van der Waals surface area contributed by atoms with Crippen LogP contribution < -0.4 is 5.32 Å². The minimum atomic E-state index is -0.168. The summed E-state index contributed by atoms with van der Waals surface area (Å²) in [6.07, 6.45) is 0. The number of rotatable bonds is 4. The Labute approximate surface area is 151 Å². The summed E-state index contributed by atoms with van der Waals surface area (Å²) in [5, 5.41) is 7.28. The van der Waals surface area contributed by atoms with Crippen molar-refractivity contribution in [2.75, 3.05) is 0 Å². The Morgan fingerprint density at radius 3 is 2.60 bits per heavy atom. The normalized spacial score (nSPS) is 10.7. The van der Waals surface area contributed by atoms with Gasteiger partial charge in [0.2, 0.25) is 11.7 Å². The van der Waals surface area contributed by atoms with Gasteiger partial charge in [0.25, 0.3) is 5.91 Å². The molecule has 0 fully saturated rings. The van der Waals surface area contributed by atoms with E-state index in [2.05, 4.69) is 15.5 Å². The second kappa shape index (κ2) is 7.07. The maximum Gasteiger partial charge on any atom is 0.251 e. The summed E-state index contributed by atoms with van der Waals surface area (Å²) in [5.74, 6) is 0.556. The number of benzene rings is 2. The highest BCUT2D eigenvalue weighted by atomic mass is 35.5. The summed E-state index contributed by atoms with van der Waals surface area (Å²) in [6, 6.07) is 11.2. The van der Waals surface area contributed by atoms with E-state index in [1.54, 1.807) is 6.07 Å². The molecule has 1 aromatic heterocycles. The first kappa shape index (κ1) is 17.2. The molecule has 0 spiro atoms. The molecule has 0 aliphatic heterocycles. The summed E-state index contributed by atoms with van der Waals surface area (Å²) >= 11 is 6.13. The predicted octanol–water partition coefficient (Wildman–Crippen LogP) is 4.25. The van der Waals surface area contributed by atoms with Crippen LogP contribution in [0.25, 0.3) is 11.4 Å². The van der Waals surface area contributed by atoms with Crippen molar-refractivity contribution in [3.05, 3.63) is 69.6 Å². The van der Waals surface area contributed by atoms with Gasteiger partial charge in [0.05, 0.1) is 11.6 Å². The van der Waals surface area contributed by atoms with Gasteiger partial charge < -0.3 is 9.84 Å². The van der Waals surface area contributed by atoms with Gasteiger partial charge in [-0.05, 0) is 55.7 Å². The summed E-state index contributed by atoms with van der Waals surface area (Å²) < 4.78 is 5.20. The highest BCUT2D eigenvalue weighted by Crippen LogP contribution is 2.24. The van der Waals surface area contributed by atoms with E-state index in [-0.39, 0.29) is 12.5 Å². The fourth-order valence-corrected chi connectivity index (χ4v) is 2.76. The molecular formula is C19H18ClN3O2. The van der Waals surface area contributed by atoms with Crippen molar-refractivity contribution in [2.24, 2.45) is 0 Å². The maximum absolute atomic E-state index is 12.4. The second-order valence-electron chi connectivity index (χ2n) is 5.93. The number of hydrogen-bond acceptors (Lipinski definition) is 4. The molecule has 0 atom stereocenters. The lowest BCUT2D eigenvalue weighted by Gasteiger charge is -2.09. The quantitative estimate of drug-likeness (QED) is 0.759. The third-order valence-electron chi connectivity index (χ3n) is 4.07. The first-order valence-electron chi connectivity index (χ1n) is 7.89. The molecule has 5 nitrogen and oxygen atoms in total. The second-order valence-corrected chi connectivity index (χ2v) is 6.33. The number of carbonyl (C=O) groups is 1. The van der Waals surface area contributed by atoms with Crippen LogP contribution in [0.15, 0.2) is 40.9 Å². The molecule has 1 heterocycles. The Balaban J connectivity index is 1.72. The number of nitrogens with one attached hydrogen (secondary N) is 1. The highest BCUT2D eigenvalue weighted by Gasteiger charge is 2.14. The summed E-state index contributed by atoms with van der Waals surface area (Å²) in [5.41, 5.74) is 4.51. The van der Waals surface area contributed by atoms with Gasteiger partial charge in [-0.1, -0.05) is 35.0 Å². The van der Waals surface area contributed by atoms with Crippen molar-refractivity contribution >= 4 is 17.5 Å². The molecule has 3 rings (SSSR count). The number of amides is 1. The Morgan fingerprint density at radius 2 is 1.84 bits per heavy atom. The first-order chi connectivity index (χ1) is 12.0. The molecule has 0 aliphatic rings. The number of carbonyl (C=O) groups excluding carboxylic acids is 1. The Bertz CT molecular complexity index is 934. The molecule has 0 aliphatic carbocycles. The predicted molar refractivity (Wildman–Crippen MR) is 96.6 cm³/mol. The molecule has 128 valence electrons. The van der Waals surface area contributed by atoms with Crippen LogP contribution in [-0.4, -0.2) is 16.0 Å². The fraction of sp³-hybridized carbons (Fsp3) is 0.211. The molecule has 25 heavy (non-hydrogen) atoms. The number of nitrogens with zero attached hydrogens (tertiary/aromatic N) is 2. The van der Waals surface area contributed by atoms with Crippen LogP contribution in [0.1, 0.15) is 32.9 Å². The van der Waals surface area contributed by atoms with Crippen molar-refractivity contribution < 1.29 is 9.32 Å². The Hall–Kier alpha value is -2.66. The maximum atomic E-state index is 12.4. The van der Waals surface area contributed by atoms with Gasteiger partial charge in [0.1, 0.15) is 0 Å². The molecule has 0 unspecified atom stereocenters. The van der Waals surface area contributed by atoms with Crippen LogP contribution in [0, 0.1) is 20.8 Å². The lowest BCUT2D eigenvalue weighted by atomic mass is 10.0. The van der Waals surface area contributed by atoms with Crippen LogP contribution in [0.3, 0.4) is 0 Å². The molecule has 1 N–H and O–H groups in total. The Morgan fingerprint density at radius 1 is 1.12 bits per heavy atom. The topological polar surface area (TPSA) is 68.0 Å². The minimum Gasteiger partial charge on any atom is -0.343 e. The molecule has 2 aromatic carbocycles. The lowest BCUT2D eigenvalue weighted by molar-refractivity contribution is 0.0945. The van der Waals surface area contributed by atoms with Crippen LogP contribution in [0.2, 0.25) is 5.02 Å². The minimum absolute atomic E-state index is 0.155. The monoisotopic (exact) mass is 355 g/mol. The summed E-state index contributed by atoms with van der Waals surface area (Å²) in [4.78, 5) is 16.7. The van der Waals surface area contributed by atoms with Gasteiger partial charge in [0.15, 0.2) is 0 Å². The van der Waals surface area contributed by atoms with E-state index in [4.69, 9.17) is 16.1 Å². The van der Waals surface area contributed by atoms with Crippen molar-refractivity contribution in [3.63, 3.8) is 0 Å². The third-order valence-corrected chi connectivity index (χ3v) is 4.40. The largest absolute Gasteiger partial charge is 0.343 e. The van der Waals surface area contributed by atoms with Crippen LogP contribution in [0.4, 0.5) is 0 Å². The van der Waals surface area contributed by atoms with E-state index in [1.807, 2.05) is 51.1 Å². The molecule has 0 radical (unpaired) electrons. The van der Waals surface area contributed by atoms with Crippen molar-refractivity contribution in [3.8, 4) is 11.4 Å². The van der Waals surface area contributed by atoms with E-state index in [0.717, 1.165) is 16.7 Å². The zero-order valence-corrected chi connectivity index (χ0v) is 15.0. The highest BCUT2D eigenvalue weighted by molar-refractivity contribution is 6.33. The number of aromatic nitrogens is 2. The SMILES string of the molecule is Cc1cc(C)c(C(=O)NCc2nc(-c3ccccc3Cl)no2)cc1C. The van der Waals surface area contributed by atoms with Gasteiger partial charge >= 0.3 is 0 Å². The lowest BCUT2D eigenvalue weighted by Crippen LogP contribution is -2.24. The average Bonchev–Trinajstić information content (AvgIpc) is 3.05. The third kappa shape index (κ3) is 3.72. The van der Waals surface area contributed by atoms with E-state index in [1.165, 1.54) is 0 Å². The smallest absolute Gasteiger partial charge is 0.251 e. The summed E-state index contributed by atoms with van der Waals surface area (Å²) in [7, 11) is 0. The van der Waals surface area contributed by atoms with E-state index in [0.29, 0.717) is 27.9 Å². The van der Waals surface area contributed by atoms with E-state index < -0.39 is 0 Å². The van der Waals surface area contributed by atoms with Crippen LogP contribution in [0.5, 0.6) is 0 Å². The fourth-order valence-electron chi connectivity index (χ4n) is 2.53. The summed E-state index contributed by atoms with van der Waals surface area (Å²) in [6.45, 7) is 6.09. The first-order valence-corrected chi connectivity index (χ1v) is 8.27. The van der Waals surface area contributed by atoms with Gasteiger partial charge in [0, 0.05) is 11.1 Å². The van der Waals surface area contributed by atoms with Crippen LogP contribution in [-0.2, 0) is 6.54 Å². The number of aryl methyl sites for hydroxylation is 3. The van der Waals surface area contributed by atoms with Gasteiger partial charge in [-0.15, -0.1) is 0 Å². The van der Waals surface area contributed by atoms with Crippen molar-refractivity contribution in [1.29, 1.82) is 0 Å². The van der Waals surface area contributed by atoms with Gasteiger partial charge in [-0.2, -0.15) is 4.98 Å². The molecule has 1 amide bonds. The number of hydrogen-bond donors (Lipinski definition) is 1. The van der Waals surface area contributed by atoms with Gasteiger partial charge in [-0.3, -0.25) is 4.79 Å². The van der Waals surface area contributed by atoms with E-state index in [9.17, 15) is 4.79 Å². The molecule has 3 aromatic rings. The standard InChI is InChI=1S/C19H18ClN3O2/c1-11-8-13(3)15(9-12(11)2)19(24)21-10-17-22-18(23-25-17)14-6-4-5-7-16(14)20/h4-9H,10H2,1-3H3,(H,21,24).